The monoisotopic (exact) mass is 386 g/mol. The Morgan fingerprint density at radius 3 is 2.42 bits per heavy atom. The molecule has 0 aromatic heterocycles. The summed E-state index contributed by atoms with van der Waals surface area (Å²) in [6, 6.07) is 3.24. The fourth-order valence-corrected chi connectivity index (χ4v) is 3.67. The van der Waals surface area contributed by atoms with Crippen LogP contribution in [0.2, 0.25) is 15.1 Å². The fraction of sp³-hybridized carbons (Fsp3) is 0.538. The van der Waals surface area contributed by atoms with Crippen molar-refractivity contribution in [1.82, 2.24) is 0 Å². The molecule has 0 spiro atoms. The highest BCUT2D eigenvalue weighted by Crippen LogP contribution is 2.41. The van der Waals surface area contributed by atoms with E-state index in [1.807, 2.05) is 0 Å². The topological polar surface area (TPSA) is 18.5 Å². The molecule has 2 nitrogen and oxygen atoms in total. The Balaban J connectivity index is 2.05. The summed E-state index contributed by atoms with van der Waals surface area (Å²) in [4.78, 5) is 0.314. The number of hydrogen-bond acceptors (Lipinski definition) is 2. The van der Waals surface area contributed by atoms with E-state index in [4.69, 9.17) is 44.3 Å². The predicted octanol–water partition coefficient (Wildman–Crippen LogP) is 5.36. The molecule has 3 atom stereocenters. The van der Waals surface area contributed by atoms with Crippen molar-refractivity contribution < 1.29 is 9.47 Å². The molecule has 0 aliphatic heterocycles. The zero-order valence-electron chi connectivity index (χ0n) is 10.3. The summed E-state index contributed by atoms with van der Waals surface area (Å²) in [6.45, 7) is 2.79. The lowest BCUT2D eigenvalue weighted by molar-refractivity contribution is -0.0761. The van der Waals surface area contributed by atoms with Crippen molar-refractivity contribution in [2.75, 3.05) is 6.61 Å². The Hall–Kier alpha value is 0.330. The Bertz CT molecular complexity index is 433. The highest BCUT2D eigenvalue weighted by atomic mass is 79.9. The Kier molecular flexibility index (Phi) is 5.67. The molecule has 3 unspecified atom stereocenters. The Labute approximate surface area is 136 Å². The summed E-state index contributed by atoms with van der Waals surface area (Å²) < 4.78 is 11.6. The van der Waals surface area contributed by atoms with Crippen molar-refractivity contribution in [3.63, 3.8) is 0 Å². The summed E-state index contributed by atoms with van der Waals surface area (Å²) in [7, 11) is 0. The van der Waals surface area contributed by atoms with Crippen molar-refractivity contribution >= 4 is 50.7 Å². The van der Waals surface area contributed by atoms with Gasteiger partial charge in [0.15, 0.2) is 5.75 Å². The van der Waals surface area contributed by atoms with Crippen LogP contribution in [0.3, 0.4) is 0 Å². The third-order valence-corrected chi connectivity index (χ3v) is 4.60. The molecule has 0 saturated heterocycles. The molecule has 1 aromatic carbocycles. The molecule has 1 aliphatic carbocycles. The van der Waals surface area contributed by atoms with Gasteiger partial charge in [0.05, 0.1) is 10.0 Å². The third kappa shape index (κ3) is 3.70. The molecule has 0 radical (unpaired) electrons. The number of hydrogen-bond donors (Lipinski definition) is 0. The molecule has 2 rings (SSSR count). The lowest BCUT2D eigenvalue weighted by Crippen LogP contribution is -2.52. The number of halogens is 4. The van der Waals surface area contributed by atoms with Gasteiger partial charge in [-0.25, -0.2) is 0 Å². The highest BCUT2D eigenvalue weighted by Gasteiger charge is 2.42. The van der Waals surface area contributed by atoms with Gasteiger partial charge in [0.2, 0.25) is 0 Å². The fourth-order valence-electron chi connectivity index (χ4n) is 1.90. The van der Waals surface area contributed by atoms with E-state index in [0.717, 1.165) is 12.8 Å². The number of ether oxygens (including phenoxy) is 2. The quantitative estimate of drug-likeness (QED) is 0.633. The zero-order valence-corrected chi connectivity index (χ0v) is 14.2. The van der Waals surface area contributed by atoms with E-state index < -0.39 is 0 Å². The maximum atomic E-state index is 6.10. The van der Waals surface area contributed by atoms with E-state index in [1.165, 1.54) is 0 Å². The molecule has 0 N–H and O–H groups in total. The zero-order chi connectivity index (χ0) is 14.0. The highest BCUT2D eigenvalue weighted by molar-refractivity contribution is 9.09. The van der Waals surface area contributed by atoms with Gasteiger partial charge in [-0.05, 0) is 18.6 Å². The second-order valence-electron chi connectivity index (χ2n) is 4.44. The van der Waals surface area contributed by atoms with Crippen LogP contribution in [-0.2, 0) is 4.74 Å². The minimum atomic E-state index is -0.0351. The average molecular weight is 389 g/mol. The largest absolute Gasteiger partial charge is 0.484 e. The molecule has 6 heteroatoms. The SMILES string of the molecule is CCCOC1C(Br)CC1Oc1c(Cl)cc(Cl)cc1Cl. The van der Waals surface area contributed by atoms with Crippen LogP contribution in [0, 0.1) is 0 Å². The van der Waals surface area contributed by atoms with Crippen LogP contribution in [0.1, 0.15) is 19.8 Å². The summed E-state index contributed by atoms with van der Waals surface area (Å²) in [5.41, 5.74) is 0. The maximum absolute atomic E-state index is 6.10. The minimum Gasteiger partial charge on any atom is -0.484 e. The number of benzene rings is 1. The van der Waals surface area contributed by atoms with Crippen molar-refractivity contribution in [1.29, 1.82) is 0 Å². The Morgan fingerprint density at radius 1 is 1.26 bits per heavy atom. The molecule has 1 aromatic rings. The van der Waals surface area contributed by atoms with E-state index in [2.05, 4.69) is 22.9 Å². The first-order chi connectivity index (χ1) is 9.02. The van der Waals surface area contributed by atoms with E-state index in [0.29, 0.717) is 32.3 Å². The first-order valence-electron chi connectivity index (χ1n) is 6.09. The smallest absolute Gasteiger partial charge is 0.157 e. The molecule has 1 aliphatic rings. The van der Waals surface area contributed by atoms with Crippen molar-refractivity contribution in [3.05, 3.63) is 27.2 Å². The van der Waals surface area contributed by atoms with Crippen LogP contribution in [0.25, 0.3) is 0 Å². The van der Waals surface area contributed by atoms with Gasteiger partial charge in [-0.1, -0.05) is 57.7 Å². The first kappa shape index (κ1) is 15.7. The molecule has 1 saturated carbocycles. The van der Waals surface area contributed by atoms with Crippen LogP contribution in [-0.4, -0.2) is 23.6 Å². The molecular weight excluding hydrogens is 374 g/mol. The van der Waals surface area contributed by atoms with E-state index >= 15 is 0 Å². The maximum Gasteiger partial charge on any atom is 0.157 e. The van der Waals surface area contributed by atoms with E-state index in [9.17, 15) is 0 Å². The standard InChI is InChI=1S/C13H14BrCl3O2/c1-2-3-18-12-8(14)6-11(12)19-13-9(16)4-7(15)5-10(13)17/h4-5,8,11-12H,2-3,6H2,1H3. The lowest BCUT2D eigenvalue weighted by atomic mass is 9.91. The summed E-state index contributed by atoms with van der Waals surface area (Å²) in [5.74, 6) is 0.474. The summed E-state index contributed by atoms with van der Waals surface area (Å²) >= 11 is 21.6. The van der Waals surface area contributed by atoms with Gasteiger partial charge in [-0.3, -0.25) is 0 Å². The second-order valence-corrected chi connectivity index (χ2v) is 6.87. The van der Waals surface area contributed by atoms with E-state index in [1.54, 1.807) is 12.1 Å². The van der Waals surface area contributed by atoms with Gasteiger partial charge in [-0.15, -0.1) is 0 Å². The van der Waals surface area contributed by atoms with Crippen LogP contribution >= 0.6 is 50.7 Å². The van der Waals surface area contributed by atoms with Gasteiger partial charge in [0.25, 0.3) is 0 Å². The van der Waals surface area contributed by atoms with Crippen molar-refractivity contribution in [3.8, 4) is 5.75 Å². The van der Waals surface area contributed by atoms with Gasteiger partial charge in [0, 0.05) is 22.9 Å². The molecule has 106 valence electrons. The summed E-state index contributed by atoms with van der Waals surface area (Å²) in [6.07, 6.45) is 1.84. The van der Waals surface area contributed by atoms with Gasteiger partial charge in [0.1, 0.15) is 12.2 Å². The van der Waals surface area contributed by atoms with Gasteiger partial charge < -0.3 is 9.47 Å². The summed E-state index contributed by atoms with van der Waals surface area (Å²) in [5, 5.41) is 1.34. The minimum absolute atomic E-state index is 0.0303. The molecule has 1 fully saturated rings. The predicted molar refractivity (Wildman–Crippen MR) is 83.3 cm³/mol. The van der Waals surface area contributed by atoms with Crippen LogP contribution in [0.5, 0.6) is 5.75 Å². The normalized spacial score (nSPS) is 26.1. The molecule has 19 heavy (non-hydrogen) atoms. The first-order valence-corrected chi connectivity index (χ1v) is 8.14. The van der Waals surface area contributed by atoms with Crippen LogP contribution in [0.15, 0.2) is 12.1 Å². The third-order valence-electron chi connectivity index (χ3n) is 2.93. The number of rotatable bonds is 5. The number of alkyl halides is 1. The molecular formula is C13H14BrCl3O2. The lowest BCUT2D eigenvalue weighted by Gasteiger charge is -2.41. The second kappa shape index (κ2) is 6.86. The Morgan fingerprint density at radius 2 is 1.89 bits per heavy atom. The van der Waals surface area contributed by atoms with Gasteiger partial charge in [-0.2, -0.15) is 0 Å². The average Bonchev–Trinajstić information content (AvgIpc) is 2.32. The van der Waals surface area contributed by atoms with Crippen molar-refractivity contribution in [2.24, 2.45) is 0 Å². The van der Waals surface area contributed by atoms with Crippen LogP contribution < -0.4 is 4.74 Å². The molecule has 0 bridgehead atoms. The molecule has 0 amide bonds. The van der Waals surface area contributed by atoms with Crippen molar-refractivity contribution in [2.45, 2.75) is 36.8 Å². The molecule has 0 heterocycles. The van der Waals surface area contributed by atoms with Crippen LogP contribution in [0.4, 0.5) is 0 Å². The van der Waals surface area contributed by atoms with Gasteiger partial charge >= 0.3 is 0 Å². The van der Waals surface area contributed by atoms with E-state index in [-0.39, 0.29) is 12.2 Å².